The van der Waals surface area contributed by atoms with Gasteiger partial charge < -0.3 is 5.11 Å². The van der Waals surface area contributed by atoms with Crippen LogP contribution in [0.5, 0.6) is 0 Å². The zero-order chi connectivity index (χ0) is 13.6. The quantitative estimate of drug-likeness (QED) is 0.858. The lowest BCUT2D eigenvalue weighted by molar-refractivity contribution is -0.151. The molecule has 1 N–H and O–H groups in total. The van der Waals surface area contributed by atoms with E-state index in [9.17, 15) is 9.59 Å². The predicted molar refractivity (Wildman–Crippen MR) is 72.2 cm³/mol. The summed E-state index contributed by atoms with van der Waals surface area (Å²) in [7, 11) is 0. The smallest absolute Gasteiger partial charge is 0.353 e. The van der Waals surface area contributed by atoms with E-state index in [0.29, 0.717) is 6.42 Å². The highest BCUT2D eigenvalue weighted by Crippen LogP contribution is 2.49. The van der Waals surface area contributed by atoms with Crippen LogP contribution in [0.25, 0.3) is 0 Å². The summed E-state index contributed by atoms with van der Waals surface area (Å²) in [5, 5.41) is 9.09. The van der Waals surface area contributed by atoms with E-state index in [4.69, 9.17) is 5.11 Å². The average molecular weight is 275 g/mol. The maximum absolute atomic E-state index is 12.1. The van der Waals surface area contributed by atoms with Crippen molar-refractivity contribution in [3.05, 3.63) is 46.5 Å². The number of thioether (sulfide) groups is 1. The molecule has 4 nitrogen and oxygen atoms in total. The molecule has 0 radical (unpaired) electrons. The molecule has 2 aliphatic heterocycles. The summed E-state index contributed by atoms with van der Waals surface area (Å²) in [6.45, 7) is 1.76. The van der Waals surface area contributed by atoms with E-state index in [0.717, 1.165) is 10.5 Å². The second-order valence-electron chi connectivity index (χ2n) is 4.72. The fourth-order valence-corrected chi connectivity index (χ4v) is 3.96. The Hall–Kier alpha value is -1.75. The molecule has 0 saturated carbocycles. The fraction of sp³-hybridized carbons (Fsp3) is 0.286. The average Bonchev–Trinajstić information content (AvgIpc) is 2.71. The van der Waals surface area contributed by atoms with Crippen molar-refractivity contribution in [3.63, 3.8) is 0 Å². The van der Waals surface area contributed by atoms with Gasteiger partial charge in [-0.3, -0.25) is 9.69 Å². The molecule has 0 bridgehead atoms. The number of amides is 1. The summed E-state index contributed by atoms with van der Waals surface area (Å²) < 4.78 is 0. The fourth-order valence-electron chi connectivity index (χ4n) is 2.61. The molecule has 1 saturated heterocycles. The highest BCUT2D eigenvalue weighted by Gasteiger charge is 2.54. The Bertz CT molecular complexity index is 582. The van der Waals surface area contributed by atoms with Gasteiger partial charge in [-0.2, -0.15) is 0 Å². The highest BCUT2D eigenvalue weighted by molar-refractivity contribution is 8.04. The lowest BCUT2D eigenvalue weighted by Gasteiger charge is -2.42. The molecule has 1 fully saturated rings. The van der Waals surface area contributed by atoms with Crippen LogP contribution in [0.1, 0.15) is 12.5 Å². The summed E-state index contributed by atoms with van der Waals surface area (Å²) in [4.78, 5) is 25.4. The van der Waals surface area contributed by atoms with Crippen molar-refractivity contribution in [2.75, 3.05) is 0 Å². The lowest BCUT2D eigenvalue weighted by atomic mass is 9.90. The molecule has 2 aliphatic rings. The Morgan fingerprint density at radius 1 is 1.37 bits per heavy atom. The van der Waals surface area contributed by atoms with Gasteiger partial charge >= 0.3 is 5.97 Å². The minimum absolute atomic E-state index is 0.0428. The maximum Gasteiger partial charge on any atom is 0.353 e. The number of aliphatic carboxylic acids is 1. The van der Waals surface area contributed by atoms with Gasteiger partial charge in [0, 0.05) is 4.91 Å². The van der Waals surface area contributed by atoms with Crippen LogP contribution in [0.4, 0.5) is 0 Å². The molecule has 2 atom stereocenters. The first-order valence-corrected chi connectivity index (χ1v) is 6.95. The molecular weight excluding hydrogens is 262 g/mol. The standard InChI is InChI=1S/C14H13NO3S/c1-8-11(14(17)18)15-12(16)10(13(15)19-8)7-9-5-3-2-4-6-9/h2-6,10,13H,7H2,1H3,(H,17,18)/t10?,13-/m1/s1. The third-order valence-corrected chi connectivity index (χ3v) is 4.85. The molecule has 0 spiro atoms. The van der Waals surface area contributed by atoms with Crippen molar-refractivity contribution in [2.24, 2.45) is 5.92 Å². The van der Waals surface area contributed by atoms with Gasteiger partial charge in [0.2, 0.25) is 5.91 Å². The number of carboxylic acids is 1. The molecule has 0 aromatic heterocycles. The molecule has 19 heavy (non-hydrogen) atoms. The first kappa shape index (κ1) is 12.3. The van der Waals surface area contributed by atoms with Crippen LogP contribution in [-0.2, 0) is 16.0 Å². The normalized spacial score (nSPS) is 25.3. The minimum Gasteiger partial charge on any atom is -0.477 e. The second-order valence-corrected chi connectivity index (χ2v) is 6.05. The van der Waals surface area contributed by atoms with Gasteiger partial charge in [-0.1, -0.05) is 30.3 Å². The molecule has 1 amide bonds. The molecule has 0 aliphatic carbocycles. The topological polar surface area (TPSA) is 57.6 Å². The third kappa shape index (κ3) is 1.85. The van der Waals surface area contributed by atoms with Crippen molar-refractivity contribution in [3.8, 4) is 0 Å². The highest BCUT2D eigenvalue weighted by atomic mass is 32.2. The van der Waals surface area contributed by atoms with Gasteiger partial charge in [-0.15, -0.1) is 11.8 Å². The van der Waals surface area contributed by atoms with E-state index in [1.807, 2.05) is 30.3 Å². The first-order valence-electron chi connectivity index (χ1n) is 6.07. The van der Waals surface area contributed by atoms with Crippen molar-refractivity contribution >= 4 is 23.6 Å². The Labute approximate surface area is 115 Å². The molecule has 3 rings (SSSR count). The Kier molecular flexibility index (Phi) is 2.86. The van der Waals surface area contributed by atoms with E-state index in [1.165, 1.54) is 16.7 Å². The van der Waals surface area contributed by atoms with Gasteiger partial charge in [0.1, 0.15) is 5.70 Å². The van der Waals surface area contributed by atoms with Crippen LogP contribution >= 0.6 is 11.8 Å². The van der Waals surface area contributed by atoms with Gasteiger partial charge in [0.25, 0.3) is 0 Å². The summed E-state index contributed by atoms with van der Waals surface area (Å²) in [6.07, 6.45) is 0.675. The van der Waals surface area contributed by atoms with Crippen molar-refractivity contribution < 1.29 is 14.7 Å². The van der Waals surface area contributed by atoms with Gasteiger partial charge in [-0.25, -0.2) is 4.79 Å². The number of hydrogen-bond donors (Lipinski definition) is 1. The lowest BCUT2D eigenvalue weighted by Crippen LogP contribution is -2.57. The third-order valence-electron chi connectivity index (χ3n) is 3.53. The molecule has 1 aromatic rings. The van der Waals surface area contributed by atoms with Crippen LogP contribution in [-0.4, -0.2) is 27.3 Å². The maximum atomic E-state index is 12.1. The Morgan fingerprint density at radius 3 is 2.68 bits per heavy atom. The van der Waals surface area contributed by atoms with Crippen LogP contribution < -0.4 is 0 Å². The largest absolute Gasteiger partial charge is 0.477 e. The monoisotopic (exact) mass is 275 g/mol. The summed E-state index contributed by atoms with van der Waals surface area (Å²) in [6, 6.07) is 9.83. The number of carbonyl (C=O) groups excluding carboxylic acids is 1. The number of carboxylic acid groups (broad SMARTS) is 1. The number of hydrogen-bond acceptors (Lipinski definition) is 3. The number of rotatable bonds is 3. The predicted octanol–water partition coefficient (Wildman–Crippen LogP) is 2.08. The first-order chi connectivity index (χ1) is 9.09. The summed E-state index contributed by atoms with van der Waals surface area (Å²) >= 11 is 1.49. The minimum atomic E-state index is -1.01. The zero-order valence-electron chi connectivity index (χ0n) is 10.4. The van der Waals surface area contributed by atoms with Gasteiger partial charge in [-0.05, 0) is 18.9 Å². The summed E-state index contributed by atoms with van der Waals surface area (Å²) in [5.74, 6) is -1.20. The van der Waals surface area contributed by atoms with E-state index >= 15 is 0 Å². The van der Waals surface area contributed by atoms with Crippen LogP contribution in [0.3, 0.4) is 0 Å². The SMILES string of the molecule is CC1=C(C(=O)O)N2C(=O)C(Cc3ccccc3)[C@H]2S1. The van der Waals surface area contributed by atoms with Crippen LogP contribution in [0.15, 0.2) is 40.9 Å². The second kappa shape index (κ2) is 4.42. The zero-order valence-corrected chi connectivity index (χ0v) is 11.2. The number of β-lactam (4-membered cyclic amide) rings is 1. The molecular formula is C14H13NO3S. The number of fused-ring (bicyclic) bond motifs is 1. The molecule has 98 valence electrons. The number of carbonyl (C=O) groups is 2. The number of nitrogens with zero attached hydrogens (tertiary/aromatic N) is 1. The van der Waals surface area contributed by atoms with Crippen molar-refractivity contribution in [1.29, 1.82) is 0 Å². The molecule has 1 aromatic carbocycles. The molecule has 2 heterocycles. The molecule has 5 heteroatoms. The Morgan fingerprint density at radius 2 is 2.05 bits per heavy atom. The van der Waals surface area contributed by atoms with E-state index in [1.54, 1.807) is 6.92 Å². The van der Waals surface area contributed by atoms with Gasteiger partial charge in [0.15, 0.2) is 0 Å². The van der Waals surface area contributed by atoms with Crippen LogP contribution in [0.2, 0.25) is 0 Å². The van der Waals surface area contributed by atoms with E-state index in [-0.39, 0.29) is 22.9 Å². The number of allylic oxidation sites excluding steroid dienone is 1. The van der Waals surface area contributed by atoms with Gasteiger partial charge in [0.05, 0.1) is 11.3 Å². The van der Waals surface area contributed by atoms with Crippen LogP contribution in [0, 0.1) is 5.92 Å². The summed E-state index contributed by atoms with van der Waals surface area (Å²) in [5.41, 5.74) is 1.27. The number of benzene rings is 1. The van der Waals surface area contributed by atoms with Crippen molar-refractivity contribution in [1.82, 2.24) is 4.90 Å². The molecule has 1 unspecified atom stereocenters. The Balaban J connectivity index is 1.78. The van der Waals surface area contributed by atoms with Crippen molar-refractivity contribution in [2.45, 2.75) is 18.7 Å². The van der Waals surface area contributed by atoms with E-state index in [2.05, 4.69) is 0 Å². The van der Waals surface area contributed by atoms with E-state index < -0.39 is 5.97 Å².